The first-order chi connectivity index (χ1) is 12.1. The number of benzene rings is 2. The molecule has 3 rings (SSSR count). The topological polar surface area (TPSA) is 107 Å². The molecule has 1 heterocycles. The Morgan fingerprint density at radius 3 is 2.16 bits per heavy atom. The highest BCUT2D eigenvalue weighted by Crippen LogP contribution is 2.38. The van der Waals surface area contributed by atoms with Crippen LogP contribution in [0.15, 0.2) is 64.5 Å². The number of pyridine rings is 1. The second-order valence-corrected chi connectivity index (χ2v) is 6.18. The van der Waals surface area contributed by atoms with Crippen LogP contribution in [0.2, 0.25) is 0 Å². The van der Waals surface area contributed by atoms with Gasteiger partial charge in [-0.05, 0) is 29.8 Å². The molecule has 1 aromatic heterocycles. The van der Waals surface area contributed by atoms with Crippen molar-refractivity contribution in [3.05, 3.63) is 65.7 Å². The Balaban J connectivity index is 2.21. The van der Waals surface area contributed by atoms with Crippen molar-refractivity contribution in [1.29, 1.82) is 10.5 Å². The van der Waals surface area contributed by atoms with Crippen LogP contribution in [0.5, 0.6) is 5.75 Å². The summed E-state index contributed by atoms with van der Waals surface area (Å²) in [6, 6.07) is 19.9. The molecule has 0 unspecified atom stereocenters. The van der Waals surface area contributed by atoms with Gasteiger partial charge in [0.15, 0.2) is 0 Å². The van der Waals surface area contributed by atoms with E-state index in [9.17, 15) is 15.6 Å². The number of nitrogens with zero attached hydrogens (tertiary/aromatic N) is 3. The van der Waals surface area contributed by atoms with E-state index < -0.39 is 0 Å². The van der Waals surface area contributed by atoms with Gasteiger partial charge in [0.2, 0.25) is 0 Å². The second-order valence-electron chi connectivity index (χ2n) is 5.11. The summed E-state index contributed by atoms with van der Waals surface area (Å²) in [5.41, 5.74) is 7.69. The summed E-state index contributed by atoms with van der Waals surface area (Å²) in [4.78, 5) is 5.05. The third kappa shape index (κ3) is 3.25. The van der Waals surface area contributed by atoms with Gasteiger partial charge in [-0.1, -0.05) is 42.1 Å². The molecule has 25 heavy (non-hydrogen) atoms. The lowest BCUT2D eigenvalue weighted by atomic mass is 9.97. The van der Waals surface area contributed by atoms with Crippen molar-refractivity contribution in [2.24, 2.45) is 0 Å². The summed E-state index contributed by atoms with van der Waals surface area (Å²) >= 11 is 1.26. The predicted octanol–water partition coefficient (Wildman–Crippen LogP) is 3.93. The number of phenols is 1. The summed E-state index contributed by atoms with van der Waals surface area (Å²) in [6.07, 6.45) is 0. The molecule has 0 fully saturated rings. The number of rotatable bonds is 3. The van der Waals surface area contributed by atoms with Gasteiger partial charge in [-0.25, -0.2) is 4.98 Å². The van der Waals surface area contributed by atoms with Crippen molar-refractivity contribution >= 4 is 17.6 Å². The van der Waals surface area contributed by atoms with Crippen LogP contribution in [0.3, 0.4) is 0 Å². The molecule has 0 atom stereocenters. The standard InChI is InChI=1S/C19H12N4OS/c20-10-15-17(12-4-2-1-3-5-12)16(11-21)19(23-18(15)22)25-14-8-6-13(24)7-9-14/h1-9,24H,(H2,22,23). The van der Waals surface area contributed by atoms with Gasteiger partial charge < -0.3 is 10.8 Å². The minimum absolute atomic E-state index is 0.0848. The molecule has 3 aromatic rings. The van der Waals surface area contributed by atoms with E-state index in [-0.39, 0.29) is 17.1 Å². The maximum Gasteiger partial charge on any atom is 0.143 e. The highest BCUT2D eigenvalue weighted by molar-refractivity contribution is 7.99. The van der Waals surface area contributed by atoms with Crippen molar-refractivity contribution in [2.45, 2.75) is 9.92 Å². The van der Waals surface area contributed by atoms with Crippen LogP contribution in [0.1, 0.15) is 11.1 Å². The quantitative estimate of drug-likeness (QED) is 0.745. The molecule has 5 nitrogen and oxygen atoms in total. The molecule has 0 aliphatic rings. The Kier molecular flexibility index (Phi) is 4.56. The molecule has 0 bridgehead atoms. The van der Waals surface area contributed by atoms with Crippen molar-refractivity contribution in [3.63, 3.8) is 0 Å². The van der Waals surface area contributed by atoms with Gasteiger partial charge in [0.1, 0.15) is 34.3 Å². The van der Waals surface area contributed by atoms with Gasteiger partial charge in [0.05, 0.1) is 5.56 Å². The first-order valence-corrected chi connectivity index (χ1v) is 8.11. The number of anilines is 1. The van der Waals surface area contributed by atoms with Crippen LogP contribution in [-0.2, 0) is 0 Å². The Hall–Kier alpha value is -3.48. The lowest BCUT2D eigenvalue weighted by molar-refractivity contribution is 0.475. The highest BCUT2D eigenvalue weighted by Gasteiger charge is 2.20. The summed E-state index contributed by atoms with van der Waals surface area (Å²) in [5.74, 6) is 0.240. The van der Waals surface area contributed by atoms with E-state index >= 15 is 0 Å². The average molecular weight is 344 g/mol. The number of nitrogens with two attached hydrogens (primary N) is 1. The predicted molar refractivity (Wildman–Crippen MR) is 95.7 cm³/mol. The Morgan fingerprint density at radius 2 is 1.56 bits per heavy atom. The largest absolute Gasteiger partial charge is 0.508 e. The van der Waals surface area contributed by atoms with Crippen molar-refractivity contribution in [1.82, 2.24) is 4.98 Å². The maximum atomic E-state index is 9.70. The molecule has 2 aromatic carbocycles. The van der Waals surface area contributed by atoms with Crippen molar-refractivity contribution in [3.8, 4) is 29.0 Å². The molecule has 0 saturated carbocycles. The third-order valence-electron chi connectivity index (χ3n) is 3.53. The number of nitrogen functional groups attached to an aromatic ring is 1. The summed E-state index contributed by atoms with van der Waals surface area (Å²) < 4.78 is 0. The van der Waals surface area contributed by atoms with Crippen LogP contribution in [0.4, 0.5) is 5.82 Å². The maximum absolute atomic E-state index is 9.70. The number of phenolic OH excluding ortho intramolecular Hbond substituents is 1. The van der Waals surface area contributed by atoms with E-state index in [0.29, 0.717) is 16.2 Å². The SMILES string of the molecule is N#Cc1c(N)nc(Sc2ccc(O)cc2)c(C#N)c1-c1ccccc1. The van der Waals surface area contributed by atoms with Crippen LogP contribution >= 0.6 is 11.8 Å². The second kappa shape index (κ2) is 6.96. The lowest BCUT2D eigenvalue weighted by Crippen LogP contribution is -2.03. The molecule has 0 aliphatic carbocycles. The summed E-state index contributed by atoms with van der Waals surface area (Å²) in [7, 11) is 0. The minimum atomic E-state index is 0.0848. The summed E-state index contributed by atoms with van der Waals surface area (Å²) in [5, 5.41) is 29.0. The smallest absolute Gasteiger partial charge is 0.143 e. The third-order valence-corrected chi connectivity index (χ3v) is 4.53. The Morgan fingerprint density at radius 1 is 0.920 bits per heavy atom. The van der Waals surface area contributed by atoms with E-state index in [0.717, 1.165) is 10.5 Å². The fourth-order valence-corrected chi connectivity index (χ4v) is 3.28. The van der Waals surface area contributed by atoms with Crippen molar-refractivity contribution < 1.29 is 5.11 Å². The molecule has 0 saturated heterocycles. The number of nitriles is 2. The fourth-order valence-electron chi connectivity index (χ4n) is 2.39. The Bertz CT molecular complexity index is 1000. The molecule has 0 spiro atoms. The minimum Gasteiger partial charge on any atom is -0.508 e. The summed E-state index contributed by atoms with van der Waals surface area (Å²) in [6.45, 7) is 0. The molecule has 0 radical (unpaired) electrons. The normalized spacial score (nSPS) is 10.0. The zero-order valence-electron chi connectivity index (χ0n) is 13.0. The zero-order valence-corrected chi connectivity index (χ0v) is 13.8. The number of aromatic hydroxyl groups is 1. The van der Waals surface area contributed by atoms with Crippen LogP contribution in [0.25, 0.3) is 11.1 Å². The Labute approximate surface area is 149 Å². The highest BCUT2D eigenvalue weighted by atomic mass is 32.2. The van der Waals surface area contributed by atoms with E-state index in [4.69, 9.17) is 5.73 Å². The molecule has 6 heteroatoms. The first-order valence-electron chi connectivity index (χ1n) is 7.30. The molecule has 0 aliphatic heterocycles. The molecule has 3 N–H and O–H groups in total. The number of aromatic nitrogens is 1. The number of hydrogen-bond donors (Lipinski definition) is 2. The van der Waals surface area contributed by atoms with Crippen LogP contribution < -0.4 is 5.73 Å². The van der Waals surface area contributed by atoms with E-state index in [1.165, 1.54) is 11.8 Å². The first kappa shape index (κ1) is 16.4. The van der Waals surface area contributed by atoms with E-state index in [1.807, 2.05) is 30.3 Å². The zero-order chi connectivity index (χ0) is 17.8. The van der Waals surface area contributed by atoms with Gasteiger partial charge in [0, 0.05) is 10.5 Å². The lowest BCUT2D eigenvalue weighted by Gasteiger charge is -2.13. The molecule has 0 amide bonds. The van der Waals surface area contributed by atoms with Gasteiger partial charge in [-0.2, -0.15) is 10.5 Å². The molecular formula is C19H12N4OS. The number of hydrogen-bond acceptors (Lipinski definition) is 6. The average Bonchev–Trinajstić information content (AvgIpc) is 2.64. The van der Waals surface area contributed by atoms with E-state index in [1.54, 1.807) is 24.3 Å². The van der Waals surface area contributed by atoms with Gasteiger partial charge in [-0.3, -0.25) is 0 Å². The van der Waals surface area contributed by atoms with Crippen LogP contribution in [-0.4, -0.2) is 10.1 Å². The van der Waals surface area contributed by atoms with E-state index in [2.05, 4.69) is 17.1 Å². The molecule has 120 valence electrons. The van der Waals surface area contributed by atoms with Gasteiger partial charge in [0.25, 0.3) is 0 Å². The van der Waals surface area contributed by atoms with Gasteiger partial charge >= 0.3 is 0 Å². The molecular weight excluding hydrogens is 332 g/mol. The van der Waals surface area contributed by atoms with Crippen molar-refractivity contribution in [2.75, 3.05) is 5.73 Å². The monoisotopic (exact) mass is 344 g/mol. The van der Waals surface area contributed by atoms with Crippen LogP contribution in [0, 0.1) is 22.7 Å². The van der Waals surface area contributed by atoms with Gasteiger partial charge in [-0.15, -0.1) is 0 Å². The fraction of sp³-hybridized carbons (Fsp3) is 0.